The predicted octanol–water partition coefficient (Wildman–Crippen LogP) is 2.81. The molecule has 0 aliphatic heterocycles. The fourth-order valence-electron chi connectivity index (χ4n) is 0.615. The van der Waals surface area contributed by atoms with Crippen LogP contribution >= 0.6 is 0 Å². The zero-order chi connectivity index (χ0) is 10.6. The molecular weight excluding hydrogens is 188 g/mol. The van der Waals surface area contributed by atoms with Crippen molar-refractivity contribution < 1.29 is 22.4 Å². The first kappa shape index (κ1) is 12.1. The van der Waals surface area contributed by atoms with Crippen molar-refractivity contribution in [1.82, 2.24) is 0 Å². The zero-order valence-electron chi connectivity index (χ0n) is 7.12. The monoisotopic (exact) mass is 198 g/mol. The average molecular weight is 198 g/mol. The van der Waals surface area contributed by atoms with Gasteiger partial charge in [0, 0.05) is 6.42 Å². The molecule has 0 aliphatic rings. The molecule has 0 atom stereocenters. The van der Waals surface area contributed by atoms with Crippen LogP contribution in [0.15, 0.2) is 12.2 Å². The fourth-order valence-corrected chi connectivity index (χ4v) is 0.615. The van der Waals surface area contributed by atoms with Gasteiger partial charge in [-0.1, -0.05) is 5.57 Å². The van der Waals surface area contributed by atoms with Crippen molar-refractivity contribution in [1.29, 1.82) is 0 Å². The smallest absolute Gasteiger partial charge is 0.293 e. The summed E-state index contributed by atoms with van der Waals surface area (Å²) in [6.07, 6.45) is -4.50. The van der Waals surface area contributed by atoms with E-state index in [9.17, 15) is 22.4 Å². The average Bonchev–Trinajstić information content (AvgIpc) is 1.99. The van der Waals surface area contributed by atoms with Gasteiger partial charge in [0.05, 0.1) is 0 Å². The molecule has 5 heteroatoms. The van der Waals surface area contributed by atoms with Crippen LogP contribution in [0, 0.1) is 0 Å². The zero-order valence-corrected chi connectivity index (χ0v) is 7.12. The summed E-state index contributed by atoms with van der Waals surface area (Å²) in [6.45, 7) is 4.90. The van der Waals surface area contributed by atoms with Crippen LogP contribution in [0.5, 0.6) is 0 Å². The molecule has 76 valence electrons. The number of halogens is 4. The van der Waals surface area contributed by atoms with Crippen LogP contribution in [0.4, 0.5) is 17.6 Å². The second kappa shape index (κ2) is 4.39. The highest BCUT2D eigenvalue weighted by molar-refractivity contribution is 5.86. The third-order valence-electron chi connectivity index (χ3n) is 1.42. The van der Waals surface area contributed by atoms with Gasteiger partial charge in [0.25, 0.3) is 0 Å². The Hall–Kier alpha value is -0.870. The van der Waals surface area contributed by atoms with E-state index in [-0.39, 0.29) is 6.42 Å². The number of alkyl halides is 4. The van der Waals surface area contributed by atoms with Gasteiger partial charge in [0.1, 0.15) is 0 Å². The molecule has 0 spiro atoms. The van der Waals surface area contributed by atoms with Gasteiger partial charge in [0.15, 0.2) is 0 Å². The van der Waals surface area contributed by atoms with Crippen LogP contribution in [0.2, 0.25) is 0 Å². The van der Waals surface area contributed by atoms with Gasteiger partial charge in [-0.15, -0.1) is 6.58 Å². The summed E-state index contributed by atoms with van der Waals surface area (Å²) in [5.41, 5.74) is 0.512. The summed E-state index contributed by atoms with van der Waals surface area (Å²) in [5, 5.41) is 0. The van der Waals surface area contributed by atoms with Crippen LogP contribution in [-0.4, -0.2) is 18.1 Å². The first-order valence-electron chi connectivity index (χ1n) is 3.62. The molecule has 0 saturated carbocycles. The standard InChI is InChI=1S/C8H10F4O/c1-5(2)3-4-6(13)8(11,12)7(9)10/h7H,1,3-4H2,2H3. The SMILES string of the molecule is C=C(C)CCC(=O)C(F)(F)C(F)F. The van der Waals surface area contributed by atoms with Gasteiger partial charge in [-0.2, -0.15) is 8.78 Å². The molecule has 0 amide bonds. The van der Waals surface area contributed by atoms with Crippen LogP contribution in [-0.2, 0) is 4.79 Å². The van der Waals surface area contributed by atoms with E-state index in [4.69, 9.17) is 0 Å². The summed E-state index contributed by atoms with van der Waals surface area (Å²) in [4.78, 5) is 10.5. The fraction of sp³-hybridized carbons (Fsp3) is 0.625. The van der Waals surface area contributed by atoms with Crippen molar-refractivity contribution in [2.75, 3.05) is 0 Å². The lowest BCUT2D eigenvalue weighted by Crippen LogP contribution is -2.36. The first-order valence-corrected chi connectivity index (χ1v) is 3.62. The molecule has 0 aromatic rings. The van der Waals surface area contributed by atoms with Crippen LogP contribution in [0.3, 0.4) is 0 Å². The van der Waals surface area contributed by atoms with Gasteiger partial charge < -0.3 is 0 Å². The predicted molar refractivity (Wildman–Crippen MR) is 40.0 cm³/mol. The van der Waals surface area contributed by atoms with Gasteiger partial charge in [0.2, 0.25) is 5.78 Å². The molecule has 0 bridgehead atoms. The summed E-state index contributed by atoms with van der Waals surface area (Å²) in [5.74, 6) is -6.25. The molecule has 0 unspecified atom stereocenters. The summed E-state index contributed by atoms with van der Waals surface area (Å²) in [6, 6.07) is 0. The molecule has 0 aliphatic carbocycles. The van der Waals surface area contributed by atoms with Crippen molar-refractivity contribution in [2.45, 2.75) is 32.1 Å². The Balaban J connectivity index is 4.18. The van der Waals surface area contributed by atoms with Crippen LogP contribution in [0.1, 0.15) is 19.8 Å². The minimum atomic E-state index is -4.52. The second-order valence-corrected chi connectivity index (χ2v) is 2.80. The second-order valence-electron chi connectivity index (χ2n) is 2.80. The van der Waals surface area contributed by atoms with Gasteiger partial charge in [-0.25, -0.2) is 8.78 Å². The molecule has 0 saturated heterocycles. The maximum atomic E-state index is 12.3. The molecule has 0 N–H and O–H groups in total. The molecule has 0 aromatic carbocycles. The van der Waals surface area contributed by atoms with Gasteiger partial charge >= 0.3 is 12.3 Å². The van der Waals surface area contributed by atoms with E-state index in [1.807, 2.05) is 0 Å². The van der Waals surface area contributed by atoms with E-state index in [1.165, 1.54) is 6.92 Å². The Morgan fingerprint density at radius 1 is 1.38 bits per heavy atom. The van der Waals surface area contributed by atoms with E-state index < -0.39 is 24.6 Å². The molecule has 0 fully saturated rings. The molecule has 13 heavy (non-hydrogen) atoms. The molecule has 1 nitrogen and oxygen atoms in total. The Morgan fingerprint density at radius 2 is 1.85 bits per heavy atom. The number of rotatable bonds is 5. The summed E-state index contributed by atoms with van der Waals surface area (Å²) < 4.78 is 47.7. The Bertz CT molecular complexity index is 210. The maximum absolute atomic E-state index is 12.3. The highest BCUT2D eigenvalue weighted by atomic mass is 19.3. The Morgan fingerprint density at radius 3 is 2.15 bits per heavy atom. The van der Waals surface area contributed by atoms with Gasteiger partial charge in [-0.05, 0) is 13.3 Å². The molecule has 0 aromatic heterocycles. The Labute approximate surface area is 73.4 Å². The topological polar surface area (TPSA) is 17.1 Å². The molecule has 0 radical (unpaired) electrons. The van der Waals surface area contributed by atoms with E-state index >= 15 is 0 Å². The minimum Gasteiger partial charge on any atom is -0.293 e. The van der Waals surface area contributed by atoms with Crippen molar-refractivity contribution in [3.63, 3.8) is 0 Å². The van der Waals surface area contributed by atoms with Crippen molar-refractivity contribution in [3.05, 3.63) is 12.2 Å². The molecule has 0 rings (SSSR count). The lowest BCUT2D eigenvalue weighted by molar-refractivity contribution is -0.166. The Kier molecular flexibility index (Phi) is 4.10. The number of hydrogen-bond donors (Lipinski definition) is 0. The molecular formula is C8H10F4O. The number of allylic oxidation sites excluding steroid dienone is 1. The lowest BCUT2D eigenvalue weighted by atomic mass is 10.1. The number of Topliss-reactive ketones (excluding diaryl/α,β-unsaturated/α-hetero) is 1. The highest BCUT2D eigenvalue weighted by Gasteiger charge is 2.47. The molecule has 0 heterocycles. The number of carbonyl (C=O) groups excluding carboxylic acids is 1. The third-order valence-corrected chi connectivity index (χ3v) is 1.42. The van der Waals surface area contributed by atoms with Gasteiger partial charge in [-0.3, -0.25) is 4.79 Å². The quantitative estimate of drug-likeness (QED) is 0.490. The first-order chi connectivity index (χ1) is 5.78. The van der Waals surface area contributed by atoms with Crippen molar-refractivity contribution in [3.8, 4) is 0 Å². The summed E-state index contributed by atoms with van der Waals surface area (Å²) in [7, 11) is 0. The maximum Gasteiger partial charge on any atom is 0.364 e. The minimum absolute atomic E-state index is 0.0150. The van der Waals surface area contributed by atoms with Crippen molar-refractivity contribution >= 4 is 5.78 Å². The van der Waals surface area contributed by atoms with E-state index in [0.717, 1.165) is 0 Å². The van der Waals surface area contributed by atoms with E-state index in [1.54, 1.807) is 0 Å². The third kappa shape index (κ3) is 3.57. The van der Waals surface area contributed by atoms with E-state index in [0.29, 0.717) is 5.57 Å². The van der Waals surface area contributed by atoms with Crippen LogP contribution in [0.25, 0.3) is 0 Å². The lowest BCUT2D eigenvalue weighted by Gasteiger charge is -2.13. The summed E-state index contributed by atoms with van der Waals surface area (Å²) >= 11 is 0. The van der Waals surface area contributed by atoms with E-state index in [2.05, 4.69) is 6.58 Å². The highest BCUT2D eigenvalue weighted by Crippen LogP contribution is 2.26. The normalized spacial score (nSPS) is 11.8. The largest absolute Gasteiger partial charge is 0.364 e. The van der Waals surface area contributed by atoms with Crippen LogP contribution < -0.4 is 0 Å². The number of carbonyl (C=O) groups is 1. The number of hydrogen-bond acceptors (Lipinski definition) is 1. The van der Waals surface area contributed by atoms with Crippen molar-refractivity contribution in [2.24, 2.45) is 0 Å². The number of ketones is 1.